The highest BCUT2D eigenvalue weighted by molar-refractivity contribution is 6.14. The van der Waals surface area contributed by atoms with Gasteiger partial charge in [-0.05, 0) is 78.6 Å². The van der Waals surface area contributed by atoms with Crippen molar-refractivity contribution in [2.45, 2.75) is 40.0 Å². The molecule has 0 atom stereocenters. The molecule has 0 saturated carbocycles. The summed E-state index contributed by atoms with van der Waals surface area (Å²) < 4.78 is 11.6. The first-order chi connectivity index (χ1) is 25.1. The van der Waals surface area contributed by atoms with Crippen LogP contribution in [0.1, 0.15) is 43.9 Å². The smallest absolute Gasteiger partial charge is 0.159 e. The van der Waals surface area contributed by atoms with Crippen molar-refractivity contribution in [2.24, 2.45) is 0 Å². The van der Waals surface area contributed by atoms with Gasteiger partial charge in [0.25, 0.3) is 0 Å². The van der Waals surface area contributed by atoms with Gasteiger partial charge in [-0.1, -0.05) is 117 Å². The van der Waals surface area contributed by atoms with Crippen LogP contribution in [0.5, 0.6) is 0 Å². The molecular weight excluding hydrogens is 623 g/mol. The van der Waals surface area contributed by atoms with Crippen molar-refractivity contribution in [3.05, 3.63) is 157 Å². The molecule has 0 spiro atoms. The number of nitrogens with zero attached hydrogens (tertiary/aromatic N) is 3. The van der Waals surface area contributed by atoms with Crippen LogP contribution in [0, 0.1) is 6.92 Å². The zero-order valence-electron chi connectivity index (χ0n) is 29.2. The predicted octanol–water partition coefficient (Wildman–Crippen LogP) is 12.9. The normalized spacial score (nSPS) is 12.0. The van der Waals surface area contributed by atoms with Crippen LogP contribution in [0.3, 0.4) is 0 Å². The first kappa shape index (κ1) is 30.9. The minimum absolute atomic E-state index is 0.826. The van der Waals surface area contributed by atoms with E-state index in [4.69, 9.17) is 9.40 Å². The third-order valence-corrected chi connectivity index (χ3v) is 10.2. The molecule has 0 aliphatic rings. The molecular formula is C47H39N3O. The molecule has 0 amide bonds. The molecule has 0 N–H and O–H groups in total. The molecule has 3 heterocycles. The molecule has 0 bridgehead atoms. The van der Waals surface area contributed by atoms with E-state index in [1.807, 2.05) is 0 Å². The van der Waals surface area contributed by atoms with Gasteiger partial charge in [0.1, 0.15) is 11.4 Å². The lowest BCUT2D eigenvalue weighted by atomic mass is 9.99. The summed E-state index contributed by atoms with van der Waals surface area (Å²) >= 11 is 0. The fourth-order valence-corrected chi connectivity index (χ4v) is 7.72. The quantitative estimate of drug-likeness (QED) is 0.162. The van der Waals surface area contributed by atoms with Crippen molar-refractivity contribution >= 4 is 49.8 Å². The van der Waals surface area contributed by atoms with Gasteiger partial charge in [0.15, 0.2) is 5.58 Å². The van der Waals surface area contributed by atoms with Crippen LogP contribution < -0.4 is 0 Å². The van der Waals surface area contributed by atoms with E-state index in [1.54, 1.807) is 0 Å². The first-order valence-electron chi connectivity index (χ1n) is 18.0. The lowest BCUT2D eigenvalue weighted by Crippen LogP contribution is -2.02. The molecule has 0 saturated heterocycles. The molecule has 0 fully saturated rings. The van der Waals surface area contributed by atoms with Crippen LogP contribution in [-0.4, -0.2) is 14.1 Å². The van der Waals surface area contributed by atoms with Crippen molar-refractivity contribution in [1.82, 2.24) is 14.1 Å². The SMILES string of the molecule is CCC/C=C\c1nc(CC)n(-c2cccc3c2oc2c(-c4ccc5c(c4)c4cc(-c6ccccc6)ccc4n5-c4ccccc4)cccc23)c1C. The lowest BCUT2D eigenvalue weighted by molar-refractivity contribution is 0.664. The second-order valence-corrected chi connectivity index (χ2v) is 13.3. The summed E-state index contributed by atoms with van der Waals surface area (Å²) in [4.78, 5) is 5.04. The summed E-state index contributed by atoms with van der Waals surface area (Å²) in [5.41, 5.74) is 13.1. The van der Waals surface area contributed by atoms with E-state index >= 15 is 0 Å². The summed E-state index contributed by atoms with van der Waals surface area (Å²) in [6.45, 7) is 6.53. The molecule has 0 unspecified atom stereocenters. The number of furan rings is 1. The van der Waals surface area contributed by atoms with E-state index in [0.29, 0.717) is 0 Å². The Balaban J connectivity index is 1.25. The number of allylic oxidation sites excluding steroid dienone is 1. The Hall–Kier alpha value is -6.13. The average Bonchev–Trinajstić information content (AvgIpc) is 3.84. The van der Waals surface area contributed by atoms with E-state index in [9.17, 15) is 0 Å². The van der Waals surface area contributed by atoms with Gasteiger partial charge in [-0.3, -0.25) is 4.57 Å². The van der Waals surface area contributed by atoms with Crippen molar-refractivity contribution in [2.75, 3.05) is 0 Å². The largest absolute Gasteiger partial charge is 0.453 e. The third-order valence-electron chi connectivity index (χ3n) is 10.2. The van der Waals surface area contributed by atoms with Crippen LogP contribution in [0.25, 0.3) is 83.4 Å². The van der Waals surface area contributed by atoms with E-state index in [1.165, 1.54) is 32.9 Å². The Morgan fingerprint density at radius 2 is 1.27 bits per heavy atom. The standard InChI is InChI=1S/C47H39N3O/c1-4-6-9-23-41-31(3)49(45(5-2)48-41)44-24-15-22-38-37-21-14-20-36(46(37)51-47(38)44)34-26-28-43-40(30-34)39-29-33(32-16-10-7-11-17-32)25-27-42(39)50(43)35-18-12-8-13-19-35/h7-30H,4-6H2,1-3H3/b23-9-. The molecule has 0 aliphatic heterocycles. The minimum Gasteiger partial charge on any atom is -0.453 e. The number of aryl methyl sites for hydroxylation is 1. The maximum atomic E-state index is 6.97. The second-order valence-electron chi connectivity index (χ2n) is 13.3. The molecule has 51 heavy (non-hydrogen) atoms. The highest BCUT2D eigenvalue weighted by atomic mass is 16.3. The van der Waals surface area contributed by atoms with Crippen LogP contribution >= 0.6 is 0 Å². The van der Waals surface area contributed by atoms with Gasteiger partial charge < -0.3 is 8.98 Å². The van der Waals surface area contributed by atoms with Crippen LogP contribution in [0.2, 0.25) is 0 Å². The van der Waals surface area contributed by atoms with E-state index < -0.39 is 0 Å². The maximum Gasteiger partial charge on any atom is 0.159 e. The second kappa shape index (κ2) is 12.6. The van der Waals surface area contributed by atoms with Crippen LogP contribution in [0.4, 0.5) is 0 Å². The van der Waals surface area contributed by atoms with Crippen molar-refractivity contribution < 1.29 is 4.42 Å². The number of aromatic nitrogens is 3. The fraction of sp³-hybridized carbons (Fsp3) is 0.128. The number of benzene rings is 6. The van der Waals surface area contributed by atoms with E-state index in [-0.39, 0.29) is 0 Å². The summed E-state index contributed by atoms with van der Waals surface area (Å²) in [7, 11) is 0. The van der Waals surface area contributed by atoms with Crippen LogP contribution in [0.15, 0.2) is 144 Å². The minimum atomic E-state index is 0.826. The molecule has 4 nitrogen and oxygen atoms in total. The Kier molecular flexibility index (Phi) is 7.66. The summed E-state index contributed by atoms with van der Waals surface area (Å²) in [5, 5.41) is 4.66. The molecule has 9 rings (SSSR count). The average molecular weight is 662 g/mol. The van der Waals surface area contributed by atoms with E-state index in [2.05, 4.69) is 176 Å². The zero-order chi connectivity index (χ0) is 34.5. The molecule has 9 aromatic rings. The Labute approximate surface area is 297 Å². The summed E-state index contributed by atoms with van der Waals surface area (Å²) in [5.74, 6) is 1.03. The number of para-hydroxylation sites is 3. The molecule has 248 valence electrons. The van der Waals surface area contributed by atoms with Gasteiger partial charge in [-0.25, -0.2) is 4.98 Å². The number of unbranched alkanes of at least 4 members (excludes halogenated alkanes) is 1. The Morgan fingerprint density at radius 3 is 2.00 bits per heavy atom. The molecule has 3 aromatic heterocycles. The van der Waals surface area contributed by atoms with Gasteiger partial charge in [0, 0.05) is 44.9 Å². The van der Waals surface area contributed by atoms with E-state index in [0.717, 1.165) is 80.9 Å². The van der Waals surface area contributed by atoms with Gasteiger partial charge in [0.2, 0.25) is 0 Å². The van der Waals surface area contributed by atoms with Crippen molar-refractivity contribution in [3.63, 3.8) is 0 Å². The summed E-state index contributed by atoms with van der Waals surface area (Å²) in [6, 6.07) is 48.0. The van der Waals surface area contributed by atoms with Gasteiger partial charge in [-0.2, -0.15) is 0 Å². The number of imidazole rings is 1. The monoisotopic (exact) mass is 661 g/mol. The molecule has 0 radical (unpaired) electrons. The van der Waals surface area contributed by atoms with Crippen molar-refractivity contribution in [1.29, 1.82) is 0 Å². The fourth-order valence-electron chi connectivity index (χ4n) is 7.72. The molecule has 0 aliphatic carbocycles. The number of hydrogen-bond donors (Lipinski definition) is 0. The zero-order valence-corrected chi connectivity index (χ0v) is 29.2. The third kappa shape index (κ3) is 5.09. The Morgan fingerprint density at radius 1 is 0.608 bits per heavy atom. The van der Waals surface area contributed by atoms with Crippen LogP contribution in [-0.2, 0) is 6.42 Å². The van der Waals surface area contributed by atoms with Gasteiger partial charge in [0.05, 0.1) is 22.4 Å². The molecule has 4 heteroatoms. The summed E-state index contributed by atoms with van der Waals surface area (Å²) in [6.07, 6.45) is 7.38. The predicted molar refractivity (Wildman–Crippen MR) is 214 cm³/mol. The highest BCUT2D eigenvalue weighted by Gasteiger charge is 2.21. The first-order valence-corrected chi connectivity index (χ1v) is 18.0. The van der Waals surface area contributed by atoms with Gasteiger partial charge >= 0.3 is 0 Å². The highest BCUT2D eigenvalue weighted by Crippen LogP contribution is 2.41. The lowest BCUT2D eigenvalue weighted by Gasteiger charge is -2.10. The number of hydrogen-bond acceptors (Lipinski definition) is 2. The maximum absolute atomic E-state index is 6.97. The molecule has 6 aromatic carbocycles. The van der Waals surface area contributed by atoms with Crippen molar-refractivity contribution in [3.8, 4) is 33.6 Å². The Bertz CT molecular complexity index is 2740. The number of rotatable bonds is 8. The topological polar surface area (TPSA) is 35.9 Å². The van der Waals surface area contributed by atoms with Gasteiger partial charge in [-0.15, -0.1) is 0 Å². The number of fused-ring (bicyclic) bond motifs is 6.